The SMILES string of the molecule is Cc1nc(NC(C)CCCC(C)C)sc1C. The van der Waals surface area contributed by atoms with Gasteiger partial charge in [-0.2, -0.15) is 0 Å². The van der Waals surface area contributed by atoms with Crippen LogP contribution in [-0.2, 0) is 0 Å². The molecule has 92 valence electrons. The standard InChI is InChI=1S/C13H24N2S/c1-9(2)7-6-8-10(3)14-13-15-11(4)12(5)16-13/h9-10H,6-8H2,1-5H3,(H,14,15). The normalized spacial score (nSPS) is 13.1. The fourth-order valence-corrected chi connectivity index (χ4v) is 2.58. The number of aryl methyl sites for hydroxylation is 2. The van der Waals surface area contributed by atoms with Crippen LogP contribution in [0.4, 0.5) is 5.13 Å². The van der Waals surface area contributed by atoms with Crippen molar-refractivity contribution in [3.05, 3.63) is 10.6 Å². The number of anilines is 1. The third-order valence-electron chi connectivity index (χ3n) is 2.82. The Labute approximate surface area is 103 Å². The summed E-state index contributed by atoms with van der Waals surface area (Å²) < 4.78 is 0. The lowest BCUT2D eigenvalue weighted by Crippen LogP contribution is -2.14. The van der Waals surface area contributed by atoms with Crippen molar-refractivity contribution in [3.63, 3.8) is 0 Å². The van der Waals surface area contributed by atoms with Crippen LogP contribution in [0.15, 0.2) is 0 Å². The molecule has 2 nitrogen and oxygen atoms in total. The number of nitrogens with zero attached hydrogens (tertiary/aromatic N) is 1. The Hall–Kier alpha value is -0.570. The van der Waals surface area contributed by atoms with Crippen LogP contribution in [0.25, 0.3) is 0 Å². The highest BCUT2D eigenvalue weighted by molar-refractivity contribution is 7.15. The van der Waals surface area contributed by atoms with Gasteiger partial charge < -0.3 is 5.32 Å². The monoisotopic (exact) mass is 240 g/mol. The van der Waals surface area contributed by atoms with E-state index in [1.54, 1.807) is 11.3 Å². The molecule has 0 bridgehead atoms. The number of thiazole rings is 1. The molecule has 1 N–H and O–H groups in total. The van der Waals surface area contributed by atoms with Crippen LogP contribution < -0.4 is 5.32 Å². The van der Waals surface area contributed by atoms with Crippen LogP contribution in [-0.4, -0.2) is 11.0 Å². The summed E-state index contributed by atoms with van der Waals surface area (Å²) in [7, 11) is 0. The van der Waals surface area contributed by atoms with Crippen molar-refractivity contribution in [1.29, 1.82) is 0 Å². The van der Waals surface area contributed by atoms with E-state index in [9.17, 15) is 0 Å². The zero-order chi connectivity index (χ0) is 12.1. The van der Waals surface area contributed by atoms with E-state index in [-0.39, 0.29) is 0 Å². The Bertz CT molecular complexity index is 298. The lowest BCUT2D eigenvalue weighted by molar-refractivity contribution is 0.520. The molecule has 1 aromatic rings. The fourth-order valence-electron chi connectivity index (χ4n) is 1.65. The molecule has 16 heavy (non-hydrogen) atoms. The van der Waals surface area contributed by atoms with Crippen LogP contribution >= 0.6 is 11.3 Å². The molecule has 0 aliphatic carbocycles. The van der Waals surface area contributed by atoms with Crippen molar-refractivity contribution in [2.24, 2.45) is 5.92 Å². The maximum Gasteiger partial charge on any atom is 0.183 e. The van der Waals surface area contributed by atoms with E-state index in [4.69, 9.17) is 0 Å². The second kappa shape index (κ2) is 6.24. The lowest BCUT2D eigenvalue weighted by atomic mass is 10.0. The van der Waals surface area contributed by atoms with Gasteiger partial charge in [0.1, 0.15) is 0 Å². The van der Waals surface area contributed by atoms with E-state index < -0.39 is 0 Å². The number of rotatable bonds is 6. The van der Waals surface area contributed by atoms with E-state index in [0.29, 0.717) is 6.04 Å². The number of hydrogen-bond acceptors (Lipinski definition) is 3. The summed E-state index contributed by atoms with van der Waals surface area (Å²) in [5, 5.41) is 4.56. The van der Waals surface area contributed by atoms with Gasteiger partial charge in [0.2, 0.25) is 0 Å². The first-order valence-corrected chi connectivity index (χ1v) is 7.01. The van der Waals surface area contributed by atoms with Crippen molar-refractivity contribution in [1.82, 2.24) is 4.98 Å². The van der Waals surface area contributed by atoms with Crippen LogP contribution in [0.5, 0.6) is 0 Å². The molecule has 0 aromatic carbocycles. The molecule has 0 aliphatic heterocycles. The second-order valence-corrected chi connectivity index (χ2v) is 6.23. The van der Waals surface area contributed by atoms with E-state index >= 15 is 0 Å². The average molecular weight is 240 g/mol. The van der Waals surface area contributed by atoms with Crippen molar-refractivity contribution in [2.75, 3.05) is 5.32 Å². The summed E-state index contributed by atoms with van der Waals surface area (Å²) in [5.41, 5.74) is 1.15. The molecule has 0 radical (unpaired) electrons. The quantitative estimate of drug-likeness (QED) is 0.798. The zero-order valence-corrected chi connectivity index (χ0v) is 11.9. The van der Waals surface area contributed by atoms with Crippen LogP contribution in [0.3, 0.4) is 0 Å². The predicted octanol–water partition coefficient (Wildman–Crippen LogP) is 4.39. The summed E-state index contributed by atoms with van der Waals surface area (Å²) in [5.74, 6) is 0.816. The first-order valence-electron chi connectivity index (χ1n) is 6.19. The van der Waals surface area contributed by atoms with E-state index in [2.05, 4.69) is 44.9 Å². The molecule has 0 spiro atoms. The molecule has 0 amide bonds. The van der Waals surface area contributed by atoms with Gasteiger partial charge in [0, 0.05) is 10.9 Å². The summed E-state index contributed by atoms with van der Waals surface area (Å²) in [6.07, 6.45) is 3.85. The minimum absolute atomic E-state index is 0.531. The second-order valence-electron chi connectivity index (χ2n) is 5.03. The number of aromatic nitrogens is 1. The topological polar surface area (TPSA) is 24.9 Å². The van der Waals surface area contributed by atoms with Gasteiger partial charge in [0.25, 0.3) is 0 Å². The summed E-state index contributed by atoms with van der Waals surface area (Å²) in [4.78, 5) is 5.82. The highest BCUT2D eigenvalue weighted by Gasteiger charge is 2.07. The largest absolute Gasteiger partial charge is 0.359 e. The minimum atomic E-state index is 0.531. The van der Waals surface area contributed by atoms with Gasteiger partial charge in [-0.25, -0.2) is 4.98 Å². The summed E-state index contributed by atoms with van der Waals surface area (Å²) in [6, 6.07) is 0.531. The average Bonchev–Trinajstić information content (AvgIpc) is 2.44. The van der Waals surface area contributed by atoms with Gasteiger partial charge in [-0.3, -0.25) is 0 Å². The van der Waals surface area contributed by atoms with E-state index in [0.717, 1.165) is 16.7 Å². The Kier molecular flexibility index (Phi) is 5.26. The Morgan fingerprint density at radius 3 is 2.38 bits per heavy atom. The maximum absolute atomic E-state index is 4.50. The van der Waals surface area contributed by atoms with Gasteiger partial charge >= 0.3 is 0 Å². The Balaban J connectivity index is 2.31. The summed E-state index contributed by atoms with van der Waals surface area (Å²) >= 11 is 1.76. The highest BCUT2D eigenvalue weighted by Crippen LogP contribution is 2.22. The molecule has 1 atom stereocenters. The molecule has 0 fully saturated rings. The van der Waals surface area contributed by atoms with Crippen molar-refractivity contribution < 1.29 is 0 Å². The molecular weight excluding hydrogens is 216 g/mol. The highest BCUT2D eigenvalue weighted by atomic mass is 32.1. The zero-order valence-electron chi connectivity index (χ0n) is 11.1. The van der Waals surface area contributed by atoms with Crippen LogP contribution in [0, 0.1) is 19.8 Å². The van der Waals surface area contributed by atoms with Crippen LogP contribution in [0.2, 0.25) is 0 Å². The van der Waals surface area contributed by atoms with Crippen molar-refractivity contribution in [3.8, 4) is 0 Å². The van der Waals surface area contributed by atoms with Crippen molar-refractivity contribution >= 4 is 16.5 Å². The molecule has 0 saturated heterocycles. The molecule has 3 heteroatoms. The van der Waals surface area contributed by atoms with Gasteiger partial charge in [-0.05, 0) is 33.1 Å². The lowest BCUT2D eigenvalue weighted by Gasteiger charge is -2.13. The molecule has 1 rings (SSSR count). The molecule has 0 saturated carbocycles. The minimum Gasteiger partial charge on any atom is -0.359 e. The first-order chi connectivity index (χ1) is 7.49. The molecule has 1 unspecified atom stereocenters. The fraction of sp³-hybridized carbons (Fsp3) is 0.769. The van der Waals surface area contributed by atoms with Gasteiger partial charge in [0.05, 0.1) is 5.69 Å². The first kappa shape index (κ1) is 13.5. The molecule has 1 heterocycles. The number of nitrogens with one attached hydrogen (secondary N) is 1. The van der Waals surface area contributed by atoms with Gasteiger partial charge in [-0.15, -0.1) is 11.3 Å². The predicted molar refractivity (Wildman–Crippen MR) is 73.4 cm³/mol. The maximum atomic E-state index is 4.50. The third-order valence-corrected chi connectivity index (χ3v) is 3.82. The smallest absolute Gasteiger partial charge is 0.183 e. The van der Waals surface area contributed by atoms with Crippen molar-refractivity contribution in [2.45, 2.75) is 59.9 Å². The number of hydrogen-bond donors (Lipinski definition) is 1. The van der Waals surface area contributed by atoms with Crippen LogP contribution in [0.1, 0.15) is 50.6 Å². The van der Waals surface area contributed by atoms with E-state index in [1.807, 2.05) is 0 Å². The van der Waals surface area contributed by atoms with E-state index in [1.165, 1.54) is 24.1 Å². The Morgan fingerprint density at radius 1 is 1.19 bits per heavy atom. The third kappa shape index (κ3) is 4.52. The van der Waals surface area contributed by atoms with Gasteiger partial charge in [-0.1, -0.05) is 26.7 Å². The van der Waals surface area contributed by atoms with Gasteiger partial charge in [0.15, 0.2) is 5.13 Å². The Morgan fingerprint density at radius 2 is 1.88 bits per heavy atom. The molecule has 1 aromatic heterocycles. The summed E-state index contributed by atoms with van der Waals surface area (Å²) in [6.45, 7) is 11.0. The molecule has 0 aliphatic rings. The molecular formula is C13H24N2S.